The Hall–Kier alpha value is -1.63. The van der Waals surface area contributed by atoms with Gasteiger partial charge >= 0.3 is 6.03 Å². The third-order valence-corrected chi connectivity index (χ3v) is 9.32. The fraction of sp³-hybridized carbons (Fsp3) is 0.885. The summed E-state index contributed by atoms with van der Waals surface area (Å²) >= 11 is 0. The summed E-state index contributed by atoms with van der Waals surface area (Å²) in [5.41, 5.74) is 0. The van der Waals surface area contributed by atoms with Crippen molar-refractivity contribution in [1.82, 2.24) is 20.9 Å². The summed E-state index contributed by atoms with van der Waals surface area (Å²) in [6.45, 7) is 7.64. The maximum atomic E-state index is 13.4. The lowest BCUT2D eigenvalue weighted by Crippen LogP contribution is -2.60. The minimum atomic E-state index is -0.353. The van der Waals surface area contributed by atoms with Gasteiger partial charge in [-0.25, -0.2) is 4.79 Å². The van der Waals surface area contributed by atoms with Crippen LogP contribution in [0.4, 0.5) is 4.79 Å². The zero-order chi connectivity index (χ0) is 23.7. The number of carbonyl (C=O) groups excluding carboxylic acids is 3. The predicted octanol–water partition coefficient (Wildman–Crippen LogP) is 3.29. The topological polar surface area (TPSA) is 90.5 Å². The molecule has 2 aliphatic heterocycles. The second-order valence-corrected chi connectivity index (χ2v) is 11.7. The third-order valence-electron chi connectivity index (χ3n) is 9.32. The number of hydrogen-bond donors (Lipinski definition) is 3. The van der Waals surface area contributed by atoms with Gasteiger partial charge in [0, 0.05) is 43.6 Å². The Kier molecular flexibility index (Phi) is 7.66. The van der Waals surface area contributed by atoms with Crippen LogP contribution in [0.15, 0.2) is 0 Å². The van der Waals surface area contributed by atoms with E-state index in [1.54, 1.807) is 0 Å². The maximum absolute atomic E-state index is 13.4. The second-order valence-electron chi connectivity index (χ2n) is 11.7. The van der Waals surface area contributed by atoms with Gasteiger partial charge in [0.1, 0.15) is 0 Å². The highest BCUT2D eigenvalue weighted by Gasteiger charge is 2.47. The number of urea groups is 1. The van der Waals surface area contributed by atoms with E-state index in [4.69, 9.17) is 0 Å². The van der Waals surface area contributed by atoms with Gasteiger partial charge in [0.05, 0.1) is 0 Å². The van der Waals surface area contributed by atoms with Crippen LogP contribution in [0.5, 0.6) is 0 Å². The van der Waals surface area contributed by atoms with E-state index in [1.165, 1.54) is 0 Å². The predicted molar refractivity (Wildman–Crippen MR) is 128 cm³/mol. The monoisotopic (exact) mass is 460 g/mol. The van der Waals surface area contributed by atoms with Crippen LogP contribution in [0.2, 0.25) is 0 Å². The quantitative estimate of drug-likeness (QED) is 0.603. The van der Waals surface area contributed by atoms with E-state index in [9.17, 15) is 14.4 Å². The van der Waals surface area contributed by atoms with Crippen molar-refractivity contribution in [2.24, 2.45) is 35.5 Å². The first kappa shape index (κ1) is 24.5. The van der Waals surface area contributed by atoms with E-state index in [-0.39, 0.29) is 41.6 Å². The van der Waals surface area contributed by atoms with Gasteiger partial charge < -0.3 is 15.5 Å². The van der Waals surface area contributed by atoms with E-state index in [2.05, 4.69) is 36.7 Å². The Balaban J connectivity index is 1.34. The number of rotatable bonds is 3. The van der Waals surface area contributed by atoms with Crippen LogP contribution in [0.3, 0.4) is 0 Å². The fourth-order valence-electron chi connectivity index (χ4n) is 7.05. The molecule has 2 saturated carbocycles. The van der Waals surface area contributed by atoms with Crippen molar-refractivity contribution < 1.29 is 14.4 Å². The fourth-order valence-corrected chi connectivity index (χ4v) is 7.05. The number of piperidine rings is 2. The van der Waals surface area contributed by atoms with Crippen molar-refractivity contribution in [3.8, 4) is 0 Å². The molecular weight excluding hydrogens is 416 g/mol. The van der Waals surface area contributed by atoms with E-state index in [0.29, 0.717) is 30.3 Å². The Morgan fingerprint density at radius 2 is 1.70 bits per heavy atom. The van der Waals surface area contributed by atoms with Gasteiger partial charge in [-0.05, 0) is 88.4 Å². The molecule has 0 aromatic carbocycles. The summed E-state index contributed by atoms with van der Waals surface area (Å²) < 4.78 is 0. The van der Waals surface area contributed by atoms with Crippen molar-refractivity contribution in [2.75, 3.05) is 13.6 Å². The lowest BCUT2D eigenvalue weighted by atomic mass is 9.64. The van der Waals surface area contributed by atoms with Gasteiger partial charge in [0.2, 0.25) is 11.8 Å². The molecular formula is C26H44N4O3. The number of amides is 4. The van der Waals surface area contributed by atoms with Gasteiger partial charge in [0.15, 0.2) is 0 Å². The zero-order valence-electron chi connectivity index (χ0n) is 20.9. The van der Waals surface area contributed by atoms with Crippen molar-refractivity contribution >= 4 is 17.8 Å². The number of likely N-dealkylation sites (tertiary alicyclic amines) is 1. The summed E-state index contributed by atoms with van der Waals surface area (Å²) in [5, 5.41) is 9.21. The van der Waals surface area contributed by atoms with E-state index in [1.807, 2.05) is 11.9 Å². The van der Waals surface area contributed by atoms with Crippen molar-refractivity contribution in [3.63, 3.8) is 0 Å². The average molecular weight is 461 g/mol. The molecule has 2 aliphatic carbocycles. The molecule has 33 heavy (non-hydrogen) atoms. The van der Waals surface area contributed by atoms with E-state index < -0.39 is 0 Å². The first-order chi connectivity index (χ1) is 15.7. The molecule has 2 heterocycles. The molecule has 0 radical (unpaired) electrons. The van der Waals surface area contributed by atoms with Crippen LogP contribution >= 0.6 is 0 Å². The van der Waals surface area contributed by atoms with Crippen LogP contribution in [0, 0.1) is 35.5 Å². The van der Waals surface area contributed by atoms with Crippen molar-refractivity contribution in [2.45, 2.75) is 96.7 Å². The lowest BCUT2D eigenvalue weighted by molar-refractivity contribution is -0.149. The Bertz CT molecular complexity index is 735. The highest BCUT2D eigenvalue weighted by molar-refractivity contribution is 5.95. The average Bonchev–Trinajstić information content (AvgIpc) is 2.78. The maximum Gasteiger partial charge on any atom is 0.321 e. The van der Waals surface area contributed by atoms with Crippen molar-refractivity contribution in [3.05, 3.63) is 0 Å². The minimum Gasteiger partial charge on any atom is -0.342 e. The van der Waals surface area contributed by atoms with Gasteiger partial charge in [-0.1, -0.05) is 13.8 Å². The van der Waals surface area contributed by atoms with Gasteiger partial charge in [-0.15, -0.1) is 0 Å². The second kappa shape index (κ2) is 10.3. The molecule has 4 aliphatic rings. The molecule has 0 aromatic rings. The Labute approximate surface area is 199 Å². The number of imide groups is 1. The Morgan fingerprint density at radius 3 is 2.42 bits per heavy atom. The highest BCUT2D eigenvalue weighted by Crippen LogP contribution is 2.44. The first-order valence-electron chi connectivity index (χ1n) is 13.3. The largest absolute Gasteiger partial charge is 0.342 e. The van der Waals surface area contributed by atoms with Gasteiger partial charge in [0.25, 0.3) is 0 Å². The summed E-state index contributed by atoms with van der Waals surface area (Å²) in [6.07, 6.45) is 8.58. The van der Waals surface area contributed by atoms with Gasteiger partial charge in [-0.3, -0.25) is 14.9 Å². The highest BCUT2D eigenvalue weighted by atomic mass is 16.2. The molecule has 186 valence electrons. The molecule has 0 bridgehead atoms. The van der Waals surface area contributed by atoms with E-state index in [0.717, 1.165) is 63.8 Å². The normalized spacial score (nSPS) is 41.8. The van der Waals surface area contributed by atoms with E-state index >= 15 is 0 Å². The van der Waals surface area contributed by atoms with Gasteiger partial charge in [-0.2, -0.15) is 0 Å². The molecule has 0 aromatic heterocycles. The van der Waals surface area contributed by atoms with Crippen LogP contribution in [-0.2, 0) is 9.59 Å². The summed E-state index contributed by atoms with van der Waals surface area (Å²) in [6, 6.07) is 0.592. The molecule has 7 heteroatoms. The molecule has 7 nitrogen and oxygen atoms in total. The zero-order valence-corrected chi connectivity index (χ0v) is 20.9. The molecule has 2 saturated heterocycles. The summed E-state index contributed by atoms with van der Waals surface area (Å²) in [4.78, 5) is 40.8. The van der Waals surface area contributed by atoms with Crippen LogP contribution in [0.1, 0.15) is 78.6 Å². The summed E-state index contributed by atoms with van der Waals surface area (Å²) in [7, 11) is 1.97. The summed E-state index contributed by atoms with van der Waals surface area (Å²) in [5.74, 6) is 1.70. The lowest BCUT2D eigenvalue weighted by Gasteiger charge is -2.50. The minimum absolute atomic E-state index is 0.0184. The number of nitrogens with zero attached hydrogens (tertiary/aromatic N) is 1. The Morgan fingerprint density at radius 1 is 0.970 bits per heavy atom. The molecule has 7 atom stereocenters. The molecule has 0 spiro atoms. The first-order valence-corrected chi connectivity index (χ1v) is 13.3. The molecule has 4 amide bonds. The third kappa shape index (κ3) is 5.55. The molecule has 4 rings (SSSR count). The number of hydrogen-bond acceptors (Lipinski definition) is 4. The number of fused-ring (bicyclic) bond motifs is 1. The molecule has 3 N–H and O–H groups in total. The number of carbonyl (C=O) groups is 3. The van der Waals surface area contributed by atoms with Crippen LogP contribution < -0.4 is 16.0 Å². The smallest absolute Gasteiger partial charge is 0.321 e. The number of nitrogens with one attached hydrogen (secondary N) is 3. The standard InChI is InChI=1S/C26H44N4O3/c1-15-5-9-20(10-6-15)28-26(33)29-24(31)18-8-7-16(2)21(12-18)22-13-19-14-27-17(3)11-23(19)30(4)25(22)32/h15-23,27H,5-14H2,1-4H3,(H2,28,29,31,33). The molecule has 4 fully saturated rings. The van der Waals surface area contributed by atoms with Crippen LogP contribution in [-0.4, -0.2) is 54.5 Å². The molecule has 7 unspecified atom stereocenters. The van der Waals surface area contributed by atoms with Crippen molar-refractivity contribution in [1.29, 1.82) is 0 Å². The van der Waals surface area contributed by atoms with Crippen LogP contribution in [0.25, 0.3) is 0 Å². The SMILES string of the molecule is CC1CCC(NC(=O)NC(=O)C2CCC(C)C(C3CC4CNC(C)CC4N(C)C3=O)C2)CC1.